The molecule has 1 amide bonds. The van der Waals surface area contributed by atoms with E-state index >= 15 is 0 Å². The van der Waals surface area contributed by atoms with Gasteiger partial charge in [0.25, 0.3) is 5.91 Å². The Kier molecular flexibility index (Phi) is 4.95. The number of nitrogen functional groups attached to an aromatic ring is 1. The lowest BCUT2D eigenvalue weighted by Crippen LogP contribution is -2.19. The normalized spacial score (nSPS) is 10.5. The smallest absolute Gasteiger partial charge is 0.315 e. The van der Waals surface area contributed by atoms with E-state index in [0.29, 0.717) is 0 Å². The molecule has 0 aliphatic heterocycles. The third kappa shape index (κ3) is 3.58. The second kappa shape index (κ2) is 7.09. The molecule has 0 saturated carbocycles. The zero-order chi connectivity index (χ0) is 17.7. The number of nitro benzene ring substituents is 1. The molecule has 9 nitrogen and oxygen atoms in total. The number of nitro groups is 1. The van der Waals surface area contributed by atoms with Crippen LogP contribution in [0.5, 0.6) is 11.5 Å². The van der Waals surface area contributed by atoms with Gasteiger partial charge < -0.3 is 15.6 Å². The Morgan fingerprint density at radius 2 is 2.12 bits per heavy atom. The third-order valence-electron chi connectivity index (χ3n) is 3.10. The Morgan fingerprint density at radius 3 is 2.75 bits per heavy atom. The van der Waals surface area contributed by atoms with Crippen LogP contribution in [0.3, 0.4) is 0 Å². The molecule has 0 saturated heterocycles. The van der Waals surface area contributed by atoms with Crippen molar-refractivity contribution in [2.24, 2.45) is 5.10 Å². The minimum Gasteiger partial charge on any atom is -0.502 e. The number of carbonyl (C=O) groups excluding carboxylic acids is 1. The van der Waals surface area contributed by atoms with Crippen molar-refractivity contribution >= 4 is 23.5 Å². The molecule has 0 aliphatic rings. The van der Waals surface area contributed by atoms with Crippen molar-refractivity contribution < 1.29 is 19.6 Å². The first-order chi connectivity index (χ1) is 11.4. The van der Waals surface area contributed by atoms with E-state index in [9.17, 15) is 20.0 Å². The average molecular weight is 330 g/mol. The highest BCUT2D eigenvalue weighted by molar-refractivity contribution is 5.99. The van der Waals surface area contributed by atoms with Gasteiger partial charge in [-0.05, 0) is 18.2 Å². The molecule has 2 aromatic carbocycles. The minimum atomic E-state index is -0.752. The molecule has 0 heterocycles. The maximum Gasteiger partial charge on any atom is 0.315 e. The number of aromatic hydroxyl groups is 1. The van der Waals surface area contributed by atoms with Crippen molar-refractivity contribution in [1.82, 2.24) is 5.43 Å². The number of ether oxygens (including phenoxy) is 1. The van der Waals surface area contributed by atoms with E-state index in [1.54, 1.807) is 18.2 Å². The number of hydrazone groups is 1. The molecule has 2 rings (SSSR count). The van der Waals surface area contributed by atoms with Crippen molar-refractivity contribution in [2.45, 2.75) is 0 Å². The van der Waals surface area contributed by atoms with Gasteiger partial charge in [-0.3, -0.25) is 14.9 Å². The molecule has 0 aromatic heterocycles. The quantitative estimate of drug-likeness (QED) is 0.329. The van der Waals surface area contributed by atoms with E-state index < -0.39 is 22.3 Å². The van der Waals surface area contributed by atoms with Crippen molar-refractivity contribution in [3.8, 4) is 11.5 Å². The first-order valence-electron chi connectivity index (χ1n) is 6.67. The largest absolute Gasteiger partial charge is 0.502 e. The fourth-order valence-electron chi connectivity index (χ4n) is 1.89. The van der Waals surface area contributed by atoms with E-state index in [4.69, 9.17) is 10.5 Å². The maximum atomic E-state index is 11.9. The summed E-state index contributed by atoms with van der Waals surface area (Å²) in [5.41, 5.74) is 7.90. The van der Waals surface area contributed by atoms with E-state index in [-0.39, 0.29) is 22.6 Å². The Morgan fingerprint density at radius 1 is 1.42 bits per heavy atom. The zero-order valence-electron chi connectivity index (χ0n) is 12.6. The van der Waals surface area contributed by atoms with Gasteiger partial charge in [-0.15, -0.1) is 0 Å². The number of phenols is 1. The van der Waals surface area contributed by atoms with E-state index in [2.05, 4.69) is 10.5 Å². The molecule has 4 N–H and O–H groups in total. The molecular weight excluding hydrogens is 316 g/mol. The molecule has 124 valence electrons. The van der Waals surface area contributed by atoms with E-state index in [1.807, 2.05) is 0 Å². The number of para-hydroxylation sites is 1. The summed E-state index contributed by atoms with van der Waals surface area (Å²) in [6.45, 7) is 0. The lowest BCUT2D eigenvalue weighted by Gasteiger charge is -2.05. The highest BCUT2D eigenvalue weighted by atomic mass is 16.6. The lowest BCUT2D eigenvalue weighted by atomic mass is 10.1. The van der Waals surface area contributed by atoms with Gasteiger partial charge >= 0.3 is 5.69 Å². The number of nitrogens with two attached hydrogens (primary N) is 1. The standard InChI is InChI=1S/C15H14N4O5/c1-24-10-6-9(14(20)13(7-10)19(22)23)8-17-18-15(21)11-4-2-3-5-12(11)16/h2-8,20H,16H2,1H3,(H,18,21)/b17-8-. The summed E-state index contributed by atoms with van der Waals surface area (Å²) >= 11 is 0. The molecule has 0 bridgehead atoms. The second-order valence-corrected chi connectivity index (χ2v) is 4.63. The first kappa shape index (κ1) is 16.7. The van der Waals surface area contributed by atoms with Crippen LogP contribution in [0.25, 0.3) is 0 Å². The fraction of sp³-hybridized carbons (Fsp3) is 0.0667. The molecule has 0 aliphatic carbocycles. The van der Waals surface area contributed by atoms with Crippen LogP contribution >= 0.6 is 0 Å². The van der Waals surface area contributed by atoms with Gasteiger partial charge in [0.05, 0.1) is 29.9 Å². The van der Waals surface area contributed by atoms with Gasteiger partial charge in [0, 0.05) is 11.3 Å². The second-order valence-electron chi connectivity index (χ2n) is 4.63. The number of rotatable bonds is 5. The monoisotopic (exact) mass is 330 g/mol. The summed E-state index contributed by atoms with van der Waals surface area (Å²) in [5.74, 6) is -0.973. The van der Waals surface area contributed by atoms with Crippen LogP contribution < -0.4 is 15.9 Å². The predicted molar refractivity (Wildman–Crippen MR) is 87.2 cm³/mol. The summed E-state index contributed by atoms with van der Waals surface area (Å²) in [5, 5.41) is 24.5. The number of amides is 1. The molecule has 0 unspecified atom stereocenters. The number of anilines is 1. The molecule has 0 radical (unpaired) electrons. The Hall–Kier alpha value is -3.62. The highest BCUT2D eigenvalue weighted by Gasteiger charge is 2.18. The summed E-state index contributed by atoms with van der Waals surface area (Å²) < 4.78 is 4.93. The molecule has 0 spiro atoms. The van der Waals surface area contributed by atoms with Crippen LogP contribution in [0.15, 0.2) is 41.5 Å². The third-order valence-corrected chi connectivity index (χ3v) is 3.10. The minimum absolute atomic E-state index is 0.0161. The number of nitrogens with one attached hydrogen (secondary N) is 1. The van der Waals surface area contributed by atoms with Crippen molar-refractivity contribution in [3.63, 3.8) is 0 Å². The van der Waals surface area contributed by atoms with Crippen LogP contribution in [0.2, 0.25) is 0 Å². The molecule has 2 aromatic rings. The van der Waals surface area contributed by atoms with Crippen molar-refractivity contribution in [3.05, 3.63) is 57.6 Å². The Labute approximate surface area is 136 Å². The van der Waals surface area contributed by atoms with Gasteiger partial charge in [0.2, 0.25) is 5.75 Å². The number of hydrogen-bond acceptors (Lipinski definition) is 7. The van der Waals surface area contributed by atoms with Gasteiger partial charge in [-0.25, -0.2) is 5.43 Å². The fourth-order valence-corrected chi connectivity index (χ4v) is 1.89. The summed E-state index contributed by atoms with van der Waals surface area (Å²) in [4.78, 5) is 22.1. The Balaban J connectivity index is 2.23. The maximum absolute atomic E-state index is 11.9. The predicted octanol–water partition coefficient (Wildman–Crippen LogP) is 1.66. The Bertz CT molecular complexity index is 820. The number of hydrogen-bond donors (Lipinski definition) is 3. The lowest BCUT2D eigenvalue weighted by molar-refractivity contribution is -0.385. The van der Waals surface area contributed by atoms with Gasteiger partial charge in [-0.2, -0.15) is 5.10 Å². The number of benzene rings is 2. The summed E-state index contributed by atoms with van der Waals surface area (Å²) in [7, 11) is 1.33. The van der Waals surface area contributed by atoms with Crippen LogP contribution in [0.1, 0.15) is 15.9 Å². The number of nitrogens with zero attached hydrogens (tertiary/aromatic N) is 2. The number of methoxy groups -OCH3 is 1. The molecule has 0 fully saturated rings. The number of carbonyl (C=O) groups is 1. The molecule has 9 heteroatoms. The number of phenolic OH excluding ortho intramolecular Hbond substituents is 1. The molecule has 0 atom stereocenters. The molecule has 24 heavy (non-hydrogen) atoms. The van der Waals surface area contributed by atoms with Crippen LogP contribution in [0.4, 0.5) is 11.4 Å². The van der Waals surface area contributed by atoms with Crippen LogP contribution in [-0.4, -0.2) is 29.3 Å². The first-order valence-corrected chi connectivity index (χ1v) is 6.67. The highest BCUT2D eigenvalue weighted by Crippen LogP contribution is 2.33. The zero-order valence-corrected chi connectivity index (χ0v) is 12.6. The van der Waals surface area contributed by atoms with Crippen LogP contribution in [0, 0.1) is 10.1 Å². The van der Waals surface area contributed by atoms with Gasteiger partial charge in [0.1, 0.15) is 5.75 Å². The van der Waals surface area contributed by atoms with E-state index in [0.717, 1.165) is 12.3 Å². The topological polar surface area (TPSA) is 140 Å². The SMILES string of the molecule is COc1cc(/C=N\NC(=O)c2ccccc2N)c(O)c([N+](=O)[O-])c1. The summed E-state index contributed by atoms with van der Waals surface area (Å²) in [6.07, 6.45) is 1.07. The molecular formula is C15H14N4O5. The van der Waals surface area contributed by atoms with E-state index in [1.165, 1.54) is 19.2 Å². The summed E-state index contributed by atoms with van der Waals surface area (Å²) in [6, 6.07) is 8.84. The van der Waals surface area contributed by atoms with Crippen molar-refractivity contribution in [1.29, 1.82) is 0 Å². The van der Waals surface area contributed by atoms with Crippen molar-refractivity contribution in [2.75, 3.05) is 12.8 Å². The van der Waals surface area contributed by atoms with Gasteiger partial charge in [0.15, 0.2) is 0 Å². The van der Waals surface area contributed by atoms with Crippen LogP contribution in [-0.2, 0) is 0 Å². The average Bonchev–Trinajstić information content (AvgIpc) is 2.56. The van der Waals surface area contributed by atoms with Gasteiger partial charge in [-0.1, -0.05) is 12.1 Å².